The van der Waals surface area contributed by atoms with Crippen LogP contribution in [0.25, 0.3) is 0 Å². The van der Waals surface area contributed by atoms with Crippen LogP contribution in [0.1, 0.15) is 78.4 Å². The van der Waals surface area contributed by atoms with Gasteiger partial charge in [-0.05, 0) is 56.1 Å². The molecule has 3 aliphatic rings. The standard InChI is InChI=1S/C19H28N2OS/c1-13-6-8-15(9-7-13)20-19(22)17-10-14-11-21(12-18(14)23-17)16-4-2-3-5-16/h10,13,15-16H,2-9,11-12H2,1H3,(H,20,22). The maximum absolute atomic E-state index is 12.5. The molecule has 23 heavy (non-hydrogen) atoms. The second kappa shape index (κ2) is 6.56. The molecular weight excluding hydrogens is 304 g/mol. The molecule has 0 unspecified atom stereocenters. The molecule has 2 heterocycles. The predicted octanol–water partition coefficient (Wildman–Crippen LogP) is 4.31. The highest BCUT2D eigenvalue weighted by molar-refractivity contribution is 7.14. The Hall–Kier alpha value is -0.870. The van der Waals surface area contributed by atoms with Crippen LogP contribution in [-0.2, 0) is 13.1 Å². The molecule has 0 radical (unpaired) electrons. The molecule has 1 aromatic heterocycles. The number of nitrogens with one attached hydrogen (secondary N) is 1. The van der Waals surface area contributed by atoms with E-state index in [4.69, 9.17) is 0 Å². The van der Waals surface area contributed by atoms with Crippen LogP contribution in [0.2, 0.25) is 0 Å². The Morgan fingerprint density at radius 2 is 1.87 bits per heavy atom. The zero-order valence-corrected chi connectivity index (χ0v) is 15.0. The second-order valence-corrected chi connectivity index (χ2v) is 8.97. The van der Waals surface area contributed by atoms with E-state index in [0.717, 1.165) is 42.8 Å². The van der Waals surface area contributed by atoms with Crippen LogP contribution >= 0.6 is 11.3 Å². The highest BCUT2D eigenvalue weighted by Crippen LogP contribution is 2.36. The van der Waals surface area contributed by atoms with E-state index in [0.29, 0.717) is 6.04 Å². The number of thiophene rings is 1. The summed E-state index contributed by atoms with van der Waals surface area (Å²) in [7, 11) is 0. The van der Waals surface area contributed by atoms with Gasteiger partial charge in [-0.25, -0.2) is 0 Å². The van der Waals surface area contributed by atoms with Crippen molar-refractivity contribution in [2.75, 3.05) is 0 Å². The fourth-order valence-corrected chi connectivity index (χ4v) is 5.60. The first-order chi connectivity index (χ1) is 11.2. The summed E-state index contributed by atoms with van der Waals surface area (Å²) in [5.41, 5.74) is 1.41. The lowest BCUT2D eigenvalue weighted by Crippen LogP contribution is -2.37. The summed E-state index contributed by atoms with van der Waals surface area (Å²) < 4.78 is 0. The lowest BCUT2D eigenvalue weighted by molar-refractivity contribution is 0.0927. The van der Waals surface area contributed by atoms with Crippen molar-refractivity contribution in [2.24, 2.45) is 5.92 Å². The highest BCUT2D eigenvalue weighted by Gasteiger charge is 2.30. The number of amides is 1. The Kier molecular flexibility index (Phi) is 4.46. The molecule has 1 aliphatic heterocycles. The van der Waals surface area contributed by atoms with Crippen molar-refractivity contribution in [3.8, 4) is 0 Å². The molecule has 0 saturated heterocycles. The van der Waals surface area contributed by atoms with Gasteiger partial charge >= 0.3 is 0 Å². The lowest BCUT2D eigenvalue weighted by atomic mass is 9.87. The zero-order chi connectivity index (χ0) is 15.8. The molecule has 1 amide bonds. The first-order valence-corrected chi connectivity index (χ1v) is 10.2. The number of carbonyl (C=O) groups is 1. The molecule has 0 atom stereocenters. The van der Waals surface area contributed by atoms with Gasteiger partial charge in [-0.3, -0.25) is 9.69 Å². The second-order valence-electron chi connectivity index (χ2n) is 7.83. The van der Waals surface area contributed by atoms with Crippen LogP contribution in [0.15, 0.2) is 6.07 Å². The monoisotopic (exact) mass is 332 g/mol. The Morgan fingerprint density at radius 1 is 1.13 bits per heavy atom. The van der Waals surface area contributed by atoms with Gasteiger partial charge in [-0.15, -0.1) is 11.3 Å². The van der Waals surface area contributed by atoms with Gasteiger partial charge in [-0.2, -0.15) is 0 Å². The minimum absolute atomic E-state index is 0.163. The van der Waals surface area contributed by atoms with Crippen LogP contribution in [0.3, 0.4) is 0 Å². The molecule has 1 aromatic rings. The van der Waals surface area contributed by atoms with Crippen molar-refractivity contribution in [2.45, 2.75) is 83.5 Å². The molecule has 2 fully saturated rings. The molecule has 126 valence electrons. The van der Waals surface area contributed by atoms with Crippen molar-refractivity contribution in [3.63, 3.8) is 0 Å². The Morgan fingerprint density at radius 3 is 2.57 bits per heavy atom. The molecule has 2 aliphatic carbocycles. The molecule has 0 bridgehead atoms. The number of hydrogen-bond donors (Lipinski definition) is 1. The van der Waals surface area contributed by atoms with E-state index in [1.54, 1.807) is 11.3 Å². The van der Waals surface area contributed by atoms with Gasteiger partial charge in [0.1, 0.15) is 0 Å². The summed E-state index contributed by atoms with van der Waals surface area (Å²) in [6, 6.07) is 3.34. The maximum atomic E-state index is 12.5. The zero-order valence-electron chi connectivity index (χ0n) is 14.1. The van der Waals surface area contributed by atoms with Gasteiger partial charge in [0.05, 0.1) is 4.88 Å². The fourth-order valence-electron chi connectivity index (χ4n) is 4.49. The van der Waals surface area contributed by atoms with Crippen molar-refractivity contribution >= 4 is 17.2 Å². The van der Waals surface area contributed by atoms with Crippen LogP contribution in [0.5, 0.6) is 0 Å². The molecule has 0 aromatic carbocycles. The van der Waals surface area contributed by atoms with Crippen LogP contribution in [-0.4, -0.2) is 22.9 Å². The summed E-state index contributed by atoms with van der Waals surface area (Å²) in [4.78, 5) is 17.5. The fraction of sp³-hybridized carbons (Fsp3) is 0.737. The van der Waals surface area contributed by atoms with E-state index >= 15 is 0 Å². The molecule has 0 spiro atoms. The SMILES string of the molecule is CC1CCC(NC(=O)c2cc3c(s2)CN(C2CCCC2)C3)CC1. The van der Waals surface area contributed by atoms with Crippen LogP contribution < -0.4 is 5.32 Å². The van der Waals surface area contributed by atoms with E-state index in [2.05, 4.69) is 23.2 Å². The lowest BCUT2D eigenvalue weighted by Gasteiger charge is -2.26. The van der Waals surface area contributed by atoms with Gasteiger partial charge in [0, 0.05) is 30.1 Å². The van der Waals surface area contributed by atoms with E-state index < -0.39 is 0 Å². The smallest absolute Gasteiger partial charge is 0.261 e. The topological polar surface area (TPSA) is 32.3 Å². The van der Waals surface area contributed by atoms with Crippen LogP contribution in [0.4, 0.5) is 0 Å². The molecule has 1 N–H and O–H groups in total. The minimum Gasteiger partial charge on any atom is -0.349 e. The number of carbonyl (C=O) groups excluding carboxylic acids is 1. The third-order valence-electron chi connectivity index (χ3n) is 6.03. The third kappa shape index (κ3) is 3.34. The average Bonchev–Trinajstić information content (AvgIpc) is 3.24. The van der Waals surface area contributed by atoms with Gasteiger partial charge in [0.15, 0.2) is 0 Å². The predicted molar refractivity (Wildman–Crippen MR) is 94.7 cm³/mol. The van der Waals surface area contributed by atoms with E-state index in [-0.39, 0.29) is 5.91 Å². The molecule has 4 rings (SSSR count). The summed E-state index contributed by atoms with van der Waals surface area (Å²) in [6.45, 7) is 4.45. The molecule has 2 saturated carbocycles. The summed E-state index contributed by atoms with van der Waals surface area (Å²) in [5, 5.41) is 3.27. The summed E-state index contributed by atoms with van der Waals surface area (Å²) in [6.07, 6.45) is 10.3. The highest BCUT2D eigenvalue weighted by atomic mass is 32.1. The quantitative estimate of drug-likeness (QED) is 0.894. The number of fused-ring (bicyclic) bond motifs is 1. The summed E-state index contributed by atoms with van der Waals surface area (Å²) in [5.74, 6) is 0.992. The van der Waals surface area contributed by atoms with Gasteiger partial charge in [0.2, 0.25) is 0 Å². The van der Waals surface area contributed by atoms with Gasteiger partial charge in [-0.1, -0.05) is 19.8 Å². The minimum atomic E-state index is 0.163. The van der Waals surface area contributed by atoms with Crippen LogP contribution in [0, 0.1) is 5.92 Å². The van der Waals surface area contributed by atoms with Gasteiger partial charge < -0.3 is 5.32 Å². The van der Waals surface area contributed by atoms with Crippen molar-refractivity contribution < 1.29 is 4.79 Å². The largest absolute Gasteiger partial charge is 0.349 e. The van der Waals surface area contributed by atoms with Crippen molar-refractivity contribution in [3.05, 3.63) is 21.4 Å². The van der Waals surface area contributed by atoms with E-state index in [9.17, 15) is 4.79 Å². The average molecular weight is 333 g/mol. The summed E-state index contributed by atoms with van der Waals surface area (Å²) >= 11 is 1.73. The molecule has 3 nitrogen and oxygen atoms in total. The third-order valence-corrected chi connectivity index (χ3v) is 7.19. The first-order valence-electron chi connectivity index (χ1n) is 9.35. The number of nitrogens with zero attached hydrogens (tertiary/aromatic N) is 1. The maximum Gasteiger partial charge on any atom is 0.261 e. The van der Waals surface area contributed by atoms with Gasteiger partial charge in [0.25, 0.3) is 5.91 Å². The van der Waals surface area contributed by atoms with E-state index in [1.807, 2.05) is 0 Å². The first kappa shape index (κ1) is 15.6. The Balaban J connectivity index is 1.35. The van der Waals surface area contributed by atoms with E-state index in [1.165, 1.54) is 49.0 Å². The number of rotatable bonds is 3. The molecular formula is C19H28N2OS. The number of hydrogen-bond acceptors (Lipinski definition) is 3. The molecule has 4 heteroatoms. The normalized spacial score (nSPS) is 28.9. The van der Waals surface area contributed by atoms with Crippen molar-refractivity contribution in [1.29, 1.82) is 0 Å². The Labute approximate surface area is 143 Å². The Bertz CT molecular complexity index is 544. The van der Waals surface area contributed by atoms with Crippen molar-refractivity contribution in [1.82, 2.24) is 10.2 Å².